The van der Waals surface area contributed by atoms with Gasteiger partial charge >= 0.3 is 0 Å². The van der Waals surface area contributed by atoms with Crippen molar-refractivity contribution in [2.24, 2.45) is 17.8 Å². The molecule has 1 heterocycles. The van der Waals surface area contributed by atoms with Crippen LogP contribution in [0.2, 0.25) is 0 Å². The van der Waals surface area contributed by atoms with Crippen LogP contribution >= 0.6 is 0 Å². The molecule has 5 nitrogen and oxygen atoms in total. The van der Waals surface area contributed by atoms with E-state index in [0.717, 1.165) is 11.1 Å². The second-order valence-corrected chi connectivity index (χ2v) is 7.97. The third-order valence-electron chi connectivity index (χ3n) is 6.00. The highest BCUT2D eigenvalue weighted by atomic mass is 16.2. The van der Waals surface area contributed by atoms with Gasteiger partial charge in [-0.25, -0.2) is 0 Å². The summed E-state index contributed by atoms with van der Waals surface area (Å²) in [5.41, 5.74) is 3.82. The van der Waals surface area contributed by atoms with Crippen LogP contribution < -0.4 is 10.2 Å². The molecule has 3 atom stereocenters. The van der Waals surface area contributed by atoms with Gasteiger partial charge in [-0.2, -0.15) is 0 Å². The third-order valence-corrected chi connectivity index (χ3v) is 6.00. The Morgan fingerprint density at radius 3 is 2.55 bits per heavy atom. The van der Waals surface area contributed by atoms with Gasteiger partial charge in [-0.15, -0.1) is 0 Å². The first-order valence-corrected chi connectivity index (χ1v) is 9.90. The molecule has 1 saturated heterocycles. The highest BCUT2D eigenvalue weighted by Gasteiger charge is 2.50. The average molecular weight is 388 g/mol. The zero-order valence-corrected chi connectivity index (χ0v) is 16.8. The van der Waals surface area contributed by atoms with Crippen LogP contribution in [0, 0.1) is 31.6 Å². The maximum atomic E-state index is 13.0. The molecule has 0 saturated carbocycles. The number of benzene rings is 2. The van der Waals surface area contributed by atoms with Gasteiger partial charge in [-0.05, 0) is 67.6 Å². The quantitative estimate of drug-likeness (QED) is 0.631. The maximum Gasteiger partial charge on any atom is 0.255 e. The molecule has 2 aliphatic rings. The number of nitrogens with one attached hydrogen (secondary N) is 1. The van der Waals surface area contributed by atoms with Crippen LogP contribution in [0.1, 0.15) is 34.8 Å². The van der Waals surface area contributed by atoms with E-state index < -0.39 is 0 Å². The zero-order valence-electron chi connectivity index (χ0n) is 16.8. The number of amides is 3. The first-order valence-electron chi connectivity index (χ1n) is 9.90. The first-order chi connectivity index (χ1) is 13.9. The van der Waals surface area contributed by atoms with Crippen molar-refractivity contribution in [1.82, 2.24) is 0 Å². The van der Waals surface area contributed by atoms with Crippen molar-refractivity contribution in [2.45, 2.75) is 27.2 Å². The lowest BCUT2D eigenvalue weighted by Crippen LogP contribution is -2.31. The molecule has 2 aromatic carbocycles. The fourth-order valence-corrected chi connectivity index (χ4v) is 4.21. The summed E-state index contributed by atoms with van der Waals surface area (Å²) in [7, 11) is 0. The third kappa shape index (κ3) is 3.37. The molecule has 148 valence electrons. The van der Waals surface area contributed by atoms with Crippen molar-refractivity contribution in [1.29, 1.82) is 0 Å². The highest BCUT2D eigenvalue weighted by molar-refractivity contribution is 6.22. The summed E-state index contributed by atoms with van der Waals surface area (Å²) in [6, 6.07) is 12.4. The number of carbonyl (C=O) groups excluding carboxylic acids is 3. The number of aryl methyl sites for hydroxylation is 2. The Kier molecular flexibility index (Phi) is 4.82. The van der Waals surface area contributed by atoms with Crippen LogP contribution in [0.25, 0.3) is 0 Å². The van der Waals surface area contributed by atoms with Crippen LogP contribution in [-0.2, 0) is 9.59 Å². The number of nitrogens with zero attached hydrogens (tertiary/aromatic N) is 1. The second-order valence-electron chi connectivity index (χ2n) is 7.97. The summed E-state index contributed by atoms with van der Waals surface area (Å²) in [5, 5.41) is 2.89. The Morgan fingerprint density at radius 2 is 1.83 bits per heavy atom. The molecule has 1 N–H and O–H groups in total. The van der Waals surface area contributed by atoms with E-state index in [2.05, 4.69) is 5.32 Å². The molecule has 29 heavy (non-hydrogen) atoms. The number of rotatable bonds is 3. The van der Waals surface area contributed by atoms with Crippen molar-refractivity contribution >= 4 is 29.1 Å². The number of hydrogen-bond donors (Lipinski definition) is 1. The zero-order chi connectivity index (χ0) is 20.7. The monoisotopic (exact) mass is 388 g/mol. The smallest absolute Gasteiger partial charge is 0.255 e. The maximum absolute atomic E-state index is 13.0. The predicted molar refractivity (Wildman–Crippen MR) is 113 cm³/mol. The Labute approximate surface area is 170 Å². The summed E-state index contributed by atoms with van der Waals surface area (Å²) >= 11 is 0. The number of anilines is 2. The Hall–Kier alpha value is -3.21. The number of allylic oxidation sites excluding steroid dienone is 2. The van der Waals surface area contributed by atoms with Gasteiger partial charge in [0.1, 0.15) is 0 Å². The van der Waals surface area contributed by atoms with Crippen molar-refractivity contribution < 1.29 is 14.4 Å². The number of carbonyl (C=O) groups is 3. The van der Waals surface area contributed by atoms with E-state index in [1.165, 1.54) is 4.90 Å². The van der Waals surface area contributed by atoms with Crippen LogP contribution in [0.15, 0.2) is 54.6 Å². The summed E-state index contributed by atoms with van der Waals surface area (Å²) in [5.74, 6) is -1.23. The van der Waals surface area contributed by atoms with Crippen LogP contribution in [0.4, 0.5) is 11.4 Å². The largest absolute Gasteiger partial charge is 0.322 e. The SMILES string of the molecule is Cc1ccc(NC(=O)c2cccc(N3C(=O)[C@H]4[C@H](C)C=CC[C@H]4C3=O)c2)cc1C. The molecule has 0 aromatic heterocycles. The van der Waals surface area contributed by atoms with Crippen molar-refractivity contribution in [3.8, 4) is 0 Å². The fraction of sp³-hybridized carbons (Fsp3) is 0.292. The molecule has 1 aliphatic heterocycles. The lowest BCUT2D eigenvalue weighted by Gasteiger charge is -2.22. The average Bonchev–Trinajstić information content (AvgIpc) is 2.96. The molecule has 0 radical (unpaired) electrons. The molecule has 0 unspecified atom stereocenters. The summed E-state index contributed by atoms with van der Waals surface area (Å²) in [6.45, 7) is 5.98. The van der Waals surface area contributed by atoms with Gasteiger partial charge in [-0.1, -0.05) is 31.2 Å². The van der Waals surface area contributed by atoms with Gasteiger partial charge in [0.05, 0.1) is 17.5 Å². The lowest BCUT2D eigenvalue weighted by molar-refractivity contribution is -0.122. The van der Waals surface area contributed by atoms with Gasteiger partial charge in [0.2, 0.25) is 11.8 Å². The van der Waals surface area contributed by atoms with Crippen LogP contribution in [0.5, 0.6) is 0 Å². The molecule has 3 amide bonds. The van der Waals surface area contributed by atoms with Gasteiger partial charge in [-0.3, -0.25) is 19.3 Å². The van der Waals surface area contributed by atoms with Crippen molar-refractivity contribution in [3.05, 3.63) is 71.3 Å². The normalized spacial score (nSPS) is 23.3. The topological polar surface area (TPSA) is 66.5 Å². The second kappa shape index (κ2) is 7.32. The van der Waals surface area contributed by atoms with E-state index in [9.17, 15) is 14.4 Å². The van der Waals surface area contributed by atoms with Gasteiger partial charge in [0, 0.05) is 11.3 Å². The van der Waals surface area contributed by atoms with E-state index >= 15 is 0 Å². The minimum Gasteiger partial charge on any atom is -0.322 e. The number of imide groups is 1. The number of fused-ring (bicyclic) bond motifs is 1. The van der Waals surface area contributed by atoms with Crippen LogP contribution in [0.3, 0.4) is 0 Å². The molecular weight excluding hydrogens is 364 g/mol. The lowest BCUT2D eigenvalue weighted by atomic mass is 9.78. The minimum atomic E-state index is -0.319. The first kappa shape index (κ1) is 19.1. The van der Waals surface area contributed by atoms with E-state index in [4.69, 9.17) is 0 Å². The predicted octanol–water partition coefficient (Wildman–Crippen LogP) is 4.26. The standard InChI is InChI=1S/C24H24N2O3/c1-14-10-11-18(12-16(14)3)25-22(27)17-7-5-8-19(13-17)26-23(28)20-9-4-6-15(2)21(20)24(26)29/h4-8,10-13,15,20-21H,9H2,1-3H3,(H,25,27)/t15-,20-,21+/m1/s1. The van der Waals surface area contributed by atoms with Crippen molar-refractivity contribution in [2.75, 3.05) is 10.2 Å². The Balaban J connectivity index is 1.59. The molecule has 1 aliphatic carbocycles. The Morgan fingerprint density at radius 1 is 1.03 bits per heavy atom. The summed E-state index contributed by atoms with van der Waals surface area (Å²) < 4.78 is 0. The van der Waals surface area contributed by atoms with E-state index in [1.807, 2.05) is 51.1 Å². The summed E-state index contributed by atoms with van der Waals surface area (Å²) in [6.07, 6.45) is 4.57. The molecule has 1 fully saturated rings. The van der Waals surface area contributed by atoms with E-state index in [-0.39, 0.29) is 35.5 Å². The summed E-state index contributed by atoms with van der Waals surface area (Å²) in [4.78, 5) is 39.9. The van der Waals surface area contributed by atoms with E-state index in [1.54, 1.807) is 24.3 Å². The molecule has 0 bridgehead atoms. The molecule has 4 rings (SSSR count). The number of hydrogen-bond acceptors (Lipinski definition) is 3. The van der Waals surface area contributed by atoms with Gasteiger partial charge in [0.25, 0.3) is 5.91 Å². The molecule has 2 aromatic rings. The molecule has 0 spiro atoms. The van der Waals surface area contributed by atoms with Gasteiger partial charge < -0.3 is 5.32 Å². The van der Waals surface area contributed by atoms with Gasteiger partial charge in [0.15, 0.2) is 0 Å². The van der Waals surface area contributed by atoms with Crippen molar-refractivity contribution in [3.63, 3.8) is 0 Å². The highest BCUT2D eigenvalue weighted by Crippen LogP contribution is 2.40. The fourth-order valence-electron chi connectivity index (χ4n) is 4.21. The molecule has 5 heteroatoms. The minimum absolute atomic E-state index is 0.0338. The van der Waals surface area contributed by atoms with E-state index in [0.29, 0.717) is 23.4 Å². The Bertz CT molecular complexity index is 1040. The van der Waals surface area contributed by atoms with Crippen LogP contribution in [-0.4, -0.2) is 17.7 Å². The molecular formula is C24H24N2O3.